The molecule has 4 heterocycles. The minimum atomic E-state index is -0.00173. The molecule has 0 bridgehead atoms. The molecule has 140 valence electrons. The lowest BCUT2D eigenvalue weighted by Crippen LogP contribution is -2.43. The van der Waals surface area contributed by atoms with Crippen LogP contribution in [0.4, 0.5) is 0 Å². The predicted octanol–water partition coefficient (Wildman–Crippen LogP) is 2.42. The van der Waals surface area contributed by atoms with E-state index in [9.17, 15) is 4.79 Å². The molecule has 0 spiro atoms. The van der Waals surface area contributed by atoms with Crippen LogP contribution in [0.15, 0.2) is 29.0 Å². The highest BCUT2D eigenvalue weighted by molar-refractivity contribution is 5.95. The molecule has 7 nitrogen and oxygen atoms in total. The van der Waals surface area contributed by atoms with Gasteiger partial charge in [-0.3, -0.25) is 9.48 Å². The summed E-state index contributed by atoms with van der Waals surface area (Å²) >= 11 is 0. The van der Waals surface area contributed by atoms with Crippen LogP contribution in [0, 0.1) is 12.8 Å². The fourth-order valence-corrected chi connectivity index (χ4v) is 3.73. The Labute approximate surface area is 152 Å². The molecule has 0 aliphatic carbocycles. The highest BCUT2D eigenvalue weighted by Gasteiger charge is 2.30. The van der Waals surface area contributed by atoms with Crippen molar-refractivity contribution in [3.63, 3.8) is 0 Å². The summed E-state index contributed by atoms with van der Waals surface area (Å²) in [4.78, 5) is 14.7. The molecular weight excluding hydrogens is 334 g/mol. The summed E-state index contributed by atoms with van der Waals surface area (Å²) in [5.74, 6) is 1.22. The Morgan fingerprint density at radius 3 is 2.92 bits per heavy atom. The van der Waals surface area contributed by atoms with E-state index in [1.54, 1.807) is 18.5 Å². The van der Waals surface area contributed by atoms with Gasteiger partial charge >= 0.3 is 0 Å². The van der Waals surface area contributed by atoms with Crippen molar-refractivity contribution in [1.82, 2.24) is 14.7 Å². The van der Waals surface area contributed by atoms with Gasteiger partial charge in [0.2, 0.25) is 0 Å². The predicted molar refractivity (Wildman–Crippen MR) is 93.8 cm³/mol. The van der Waals surface area contributed by atoms with Gasteiger partial charge in [-0.15, -0.1) is 0 Å². The van der Waals surface area contributed by atoms with Crippen LogP contribution >= 0.6 is 0 Å². The third-order valence-corrected chi connectivity index (χ3v) is 5.26. The zero-order chi connectivity index (χ0) is 17.9. The lowest BCUT2D eigenvalue weighted by molar-refractivity contribution is 0.00431. The minimum Gasteiger partial charge on any atom is -0.469 e. The quantitative estimate of drug-likeness (QED) is 0.820. The number of hydrogen-bond acceptors (Lipinski definition) is 5. The van der Waals surface area contributed by atoms with E-state index in [4.69, 9.17) is 13.9 Å². The number of amides is 1. The highest BCUT2D eigenvalue weighted by Crippen LogP contribution is 2.24. The van der Waals surface area contributed by atoms with E-state index in [1.165, 1.54) is 0 Å². The molecule has 1 unspecified atom stereocenters. The normalized spacial score (nSPS) is 21.0. The Balaban J connectivity index is 1.41. The van der Waals surface area contributed by atoms with Crippen LogP contribution in [0.2, 0.25) is 0 Å². The van der Waals surface area contributed by atoms with Crippen molar-refractivity contribution >= 4 is 5.91 Å². The molecule has 2 aromatic heterocycles. The second-order valence-electron chi connectivity index (χ2n) is 7.09. The fraction of sp³-hybridized carbons (Fsp3) is 0.579. The number of aryl methyl sites for hydroxylation is 1. The molecule has 2 aromatic rings. The van der Waals surface area contributed by atoms with Crippen molar-refractivity contribution in [1.29, 1.82) is 0 Å². The number of fused-ring (bicyclic) bond motifs is 1. The minimum absolute atomic E-state index is 0.00173. The number of rotatable bonds is 5. The molecule has 4 rings (SSSR count). The van der Waals surface area contributed by atoms with E-state index < -0.39 is 0 Å². The molecule has 7 heteroatoms. The zero-order valence-corrected chi connectivity index (χ0v) is 15.1. The number of hydrogen-bond donors (Lipinski definition) is 0. The van der Waals surface area contributed by atoms with Crippen LogP contribution in [0.5, 0.6) is 0 Å². The van der Waals surface area contributed by atoms with Crippen molar-refractivity contribution in [2.24, 2.45) is 5.92 Å². The Bertz CT molecular complexity index is 748. The number of aromatic nitrogens is 2. The molecule has 0 saturated carbocycles. The monoisotopic (exact) mass is 359 g/mol. The number of nitrogens with zero attached hydrogens (tertiary/aromatic N) is 3. The second kappa shape index (κ2) is 7.63. The summed E-state index contributed by atoms with van der Waals surface area (Å²) in [6, 6.07) is 3.73. The van der Waals surface area contributed by atoms with Gasteiger partial charge in [-0.2, -0.15) is 5.10 Å². The maximum Gasteiger partial charge on any atom is 0.257 e. The summed E-state index contributed by atoms with van der Waals surface area (Å²) in [6.07, 6.45) is 5.47. The molecule has 1 saturated heterocycles. The van der Waals surface area contributed by atoms with Gasteiger partial charge < -0.3 is 18.8 Å². The van der Waals surface area contributed by atoms with E-state index in [1.807, 2.05) is 22.6 Å². The maximum absolute atomic E-state index is 12.9. The van der Waals surface area contributed by atoms with E-state index in [0.717, 1.165) is 38.4 Å². The molecule has 26 heavy (non-hydrogen) atoms. The van der Waals surface area contributed by atoms with Gasteiger partial charge in [0.1, 0.15) is 5.76 Å². The van der Waals surface area contributed by atoms with Crippen molar-refractivity contribution < 1.29 is 18.7 Å². The second-order valence-corrected chi connectivity index (χ2v) is 7.09. The number of carbonyl (C=O) groups is 1. The topological polar surface area (TPSA) is 69.7 Å². The van der Waals surface area contributed by atoms with Crippen LogP contribution in [0.25, 0.3) is 0 Å². The van der Waals surface area contributed by atoms with Gasteiger partial charge in [0, 0.05) is 32.6 Å². The summed E-state index contributed by atoms with van der Waals surface area (Å²) in [7, 11) is 0. The standard InChI is InChI=1S/C19H25N3O4/c1-14-18(5-9-26-14)19(23)21-10-16-2-6-20-22(16)17(11-21)13-25-12-15-3-7-24-8-4-15/h2,5-6,9,15,17H,3-4,7-8,10-13H2,1H3. The summed E-state index contributed by atoms with van der Waals surface area (Å²) in [6.45, 7) is 5.91. The first-order valence-electron chi connectivity index (χ1n) is 9.23. The first kappa shape index (κ1) is 17.3. The largest absolute Gasteiger partial charge is 0.469 e. The SMILES string of the molecule is Cc1occc1C(=O)N1Cc2ccnn2C(COCC2CCOCC2)C1. The van der Waals surface area contributed by atoms with E-state index in [0.29, 0.717) is 36.9 Å². The van der Waals surface area contributed by atoms with Gasteiger partial charge in [0.15, 0.2) is 0 Å². The van der Waals surface area contributed by atoms with Crippen molar-refractivity contribution in [3.8, 4) is 0 Å². The van der Waals surface area contributed by atoms with Crippen molar-refractivity contribution in [3.05, 3.63) is 41.6 Å². The van der Waals surface area contributed by atoms with Crippen molar-refractivity contribution in [2.45, 2.75) is 32.4 Å². The molecular formula is C19H25N3O4. The average Bonchev–Trinajstić information content (AvgIpc) is 3.30. The number of furan rings is 1. The zero-order valence-electron chi connectivity index (χ0n) is 15.1. The maximum atomic E-state index is 12.9. The van der Waals surface area contributed by atoms with Gasteiger partial charge in [0.05, 0.1) is 36.7 Å². The van der Waals surface area contributed by atoms with Gasteiger partial charge in [0.25, 0.3) is 5.91 Å². The van der Waals surface area contributed by atoms with Crippen molar-refractivity contribution in [2.75, 3.05) is 33.0 Å². The Morgan fingerprint density at radius 1 is 1.31 bits per heavy atom. The molecule has 2 aliphatic rings. The Morgan fingerprint density at radius 2 is 2.15 bits per heavy atom. The Hall–Kier alpha value is -2.12. The third-order valence-electron chi connectivity index (χ3n) is 5.26. The van der Waals surface area contributed by atoms with Gasteiger partial charge in [-0.25, -0.2) is 0 Å². The van der Waals surface area contributed by atoms with Gasteiger partial charge in [-0.05, 0) is 37.8 Å². The fourth-order valence-electron chi connectivity index (χ4n) is 3.73. The van der Waals surface area contributed by atoms with Crippen LogP contribution in [0.1, 0.15) is 40.7 Å². The molecule has 0 radical (unpaired) electrons. The number of carbonyl (C=O) groups excluding carboxylic acids is 1. The van der Waals surface area contributed by atoms with Crippen LogP contribution in [-0.4, -0.2) is 53.6 Å². The lowest BCUT2D eigenvalue weighted by atomic mass is 10.0. The third kappa shape index (κ3) is 3.54. The molecule has 2 aliphatic heterocycles. The molecule has 1 amide bonds. The Kier molecular flexibility index (Phi) is 5.08. The molecule has 1 fully saturated rings. The van der Waals surface area contributed by atoms with Crippen LogP contribution in [-0.2, 0) is 16.0 Å². The van der Waals surface area contributed by atoms with Gasteiger partial charge in [-0.1, -0.05) is 0 Å². The van der Waals surface area contributed by atoms with E-state index >= 15 is 0 Å². The summed E-state index contributed by atoms with van der Waals surface area (Å²) in [5, 5.41) is 4.44. The smallest absolute Gasteiger partial charge is 0.257 e. The van der Waals surface area contributed by atoms with E-state index in [2.05, 4.69) is 5.10 Å². The molecule has 0 aromatic carbocycles. The first-order valence-corrected chi connectivity index (χ1v) is 9.23. The molecule has 1 atom stereocenters. The number of ether oxygens (including phenoxy) is 2. The summed E-state index contributed by atoms with van der Waals surface area (Å²) < 4.78 is 18.7. The van der Waals surface area contributed by atoms with Crippen LogP contribution in [0.3, 0.4) is 0 Å². The average molecular weight is 359 g/mol. The summed E-state index contributed by atoms with van der Waals surface area (Å²) in [5.41, 5.74) is 1.66. The van der Waals surface area contributed by atoms with Crippen LogP contribution < -0.4 is 0 Å². The lowest BCUT2D eigenvalue weighted by Gasteiger charge is -2.34. The first-order chi connectivity index (χ1) is 12.7. The molecule has 0 N–H and O–H groups in total. The van der Waals surface area contributed by atoms with E-state index in [-0.39, 0.29) is 11.9 Å². The highest BCUT2D eigenvalue weighted by atomic mass is 16.5.